The third-order valence-electron chi connectivity index (χ3n) is 10.6. The Bertz CT molecular complexity index is 1940. The lowest BCUT2D eigenvalue weighted by Gasteiger charge is -2.40. The number of likely N-dealkylation sites (N-methyl/N-ethyl adjacent to an activating group) is 1. The molecule has 6 rings (SSSR count). The number of methoxy groups -OCH3 is 1. The second kappa shape index (κ2) is 16.6. The number of amides is 4. The van der Waals surface area contributed by atoms with E-state index in [-0.39, 0.29) is 54.5 Å². The molecule has 2 aliphatic heterocycles. The standard InChI is InChI=1S/C42H51N5O6/c1-26(2)53-37-17-15-29(19-38(37)52-5)42(51)47-23-31-22-46(39(48)20-30-21-44-35-16-14-27(3)18-32(30)35)25-34(33(31)24-47)40(49)45-36(41(50)43-4)13-9-12-28-10-7-6-8-11-28/h6-8,10-11,14-19,21,26,31,33-34,36,44H,9,12-13,20,22-25H2,1-5H3,(H,43,50)(H,45,49)/t31?,33?,34?,36-/m0/s1. The number of aromatic nitrogens is 1. The highest BCUT2D eigenvalue weighted by Crippen LogP contribution is 2.38. The molecule has 3 unspecified atom stereocenters. The molecule has 2 saturated heterocycles. The summed E-state index contributed by atoms with van der Waals surface area (Å²) in [5.74, 6) is -0.705. The molecule has 2 aliphatic rings. The van der Waals surface area contributed by atoms with Gasteiger partial charge < -0.3 is 34.9 Å². The van der Waals surface area contributed by atoms with Gasteiger partial charge in [0.2, 0.25) is 17.7 Å². The van der Waals surface area contributed by atoms with Crippen LogP contribution in [0.5, 0.6) is 11.5 Å². The van der Waals surface area contributed by atoms with E-state index < -0.39 is 12.0 Å². The first-order chi connectivity index (χ1) is 25.5. The molecule has 4 amide bonds. The number of carbonyl (C=O) groups is 4. The van der Waals surface area contributed by atoms with Gasteiger partial charge in [-0.05, 0) is 93.3 Å². The van der Waals surface area contributed by atoms with E-state index in [1.54, 1.807) is 42.2 Å². The molecule has 3 heterocycles. The van der Waals surface area contributed by atoms with Crippen molar-refractivity contribution >= 4 is 34.5 Å². The molecule has 0 bridgehead atoms. The van der Waals surface area contributed by atoms with E-state index in [0.717, 1.165) is 28.5 Å². The number of nitrogens with one attached hydrogen (secondary N) is 3. The molecule has 0 aliphatic carbocycles. The van der Waals surface area contributed by atoms with E-state index in [9.17, 15) is 19.2 Å². The summed E-state index contributed by atoms with van der Waals surface area (Å²) in [6, 6.07) is 20.6. The predicted molar refractivity (Wildman–Crippen MR) is 204 cm³/mol. The number of likely N-dealkylation sites (tertiary alicyclic amines) is 2. The Balaban J connectivity index is 1.22. The van der Waals surface area contributed by atoms with Gasteiger partial charge >= 0.3 is 0 Å². The van der Waals surface area contributed by atoms with Crippen LogP contribution in [0.4, 0.5) is 0 Å². The number of piperidine rings is 1. The maximum atomic E-state index is 14.3. The number of aryl methyl sites for hydroxylation is 2. The van der Waals surface area contributed by atoms with Crippen LogP contribution in [0.25, 0.3) is 10.9 Å². The van der Waals surface area contributed by atoms with Crippen LogP contribution >= 0.6 is 0 Å². The molecule has 11 heteroatoms. The monoisotopic (exact) mass is 721 g/mol. The van der Waals surface area contributed by atoms with Gasteiger partial charge in [-0.15, -0.1) is 0 Å². The zero-order valence-electron chi connectivity index (χ0n) is 31.3. The van der Waals surface area contributed by atoms with E-state index in [2.05, 4.69) is 33.8 Å². The van der Waals surface area contributed by atoms with Crippen LogP contribution in [0.1, 0.15) is 53.7 Å². The van der Waals surface area contributed by atoms with E-state index >= 15 is 0 Å². The normalized spacial score (nSPS) is 18.8. The highest BCUT2D eigenvalue weighted by atomic mass is 16.5. The lowest BCUT2D eigenvalue weighted by Crippen LogP contribution is -2.56. The van der Waals surface area contributed by atoms with Crippen LogP contribution < -0.4 is 20.1 Å². The molecule has 1 aromatic heterocycles. The fourth-order valence-electron chi connectivity index (χ4n) is 7.85. The van der Waals surface area contributed by atoms with Gasteiger partial charge in [0.05, 0.1) is 25.6 Å². The van der Waals surface area contributed by atoms with Gasteiger partial charge in [-0.25, -0.2) is 0 Å². The number of hydrogen-bond acceptors (Lipinski definition) is 6. The zero-order chi connectivity index (χ0) is 37.6. The van der Waals surface area contributed by atoms with Crippen LogP contribution in [-0.2, 0) is 27.2 Å². The molecule has 53 heavy (non-hydrogen) atoms. The second-order valence-corrected chi connectivity index (χ2v) is 14.7. The average Bonchev–Trinajstić information content (AvgIpc) is 3.77. The molecule has 11 nitrogen and oxygen atoms in total. The largest absolute Gasteiger partial charge is 0.493 e. The number of rotatable bonds is 13. The number of nitrogens with zero attached hydrogens (tertiary/aromatic N) is 2. The minimum Gasteiger partial charge on any atom is -0.493 e. The molecule has 0 radical (unpaired) electrons. The van der Waals surface area contributed by atoms with Crippen molar-refractivity contribution in [3.8, 4) is 11.5 Å². The summed E-state index contributed by atoms with van der Waals surface area (Å²) in [5, 5.41) is 6.77. The number of fused-ring (bicyclic) bond motifs is 2. The fourth-order valence-corrected chi connectivity index (χ4v) is 7.85. The first-order valence-electron chi connectivity index (χ1n) is 18.6. The van der Waals surface area contributed by atoms with Crippen LogP contribution in [0.2, 0.25) is 0 Å². The minimum atomic E-state index is -0.728. The molecule has 0 saturated carbocycles. The molecule has 4 aromatic rings. The number of benzene rings is 3. The Morgan fingerprint density at radius 3 is 2.43 bits per heavy atom. The third-order valence-corrected chi connectivity index (χ3v) is 10.6. The van der Waals surface area contributed by atoms with E-state index in [0.29, 0.717) is 49.5 Å². The van der Waals surface area contributed by atoms with Crippen molar-refractivity contribution in [3.63, 3.8) is 0 Å². The Kier molecular flexibility index (Phi) is 11.7. The van der Waals surface area contributed by atoms with Gasteiger partial charge in [-0.2, -0.15) is 0 Å². The highest BCUT2D eigenvalue weighted by molar-refractivity contribution is 5.95. The first kappa shape index (κ1) is 37.4. The van der Waals surface area contributed by atoms with Crippen molar-refractivity contribution in [1.29, 1.82) is 0 Å². The average molecular weight is 722 g/mol. The van der Waals surface area contributed by atoms with Gasteiger partial charge in [0.15, 0.2) is 11.5 Å². The summed E-state index contributed by atoms with van der Waals surface area (Å²) in [6.07, 6.45) is 3.95. The van der Waals surface area contributed by atoms with Crippen molar-refractivity contribution in [2.45, 2.75) is 58.6 Å². The van der Waals surface area contributed by atoms with Crippen LogP contribution in [-0.4, -0.2) is 90.9 Å². The number of carbonyl (C=O) groups excluding carboxylic acids is 4. The molecule has 3 N–H and O–H groups in total. The summed E-state index contributed by atoms with van der Waals surface area (Å²) >= 11 is 0. The van der Waals surface area contributed by atoms with Crippen LogP contribution in [0.15, 0.2) is 72.9 Å². The molecule has 0 spiro atoms. The topological polar surface area (TPSA) is 133 Å². The van der Waals surface area contributed by atoms with Crippen molar-refractivity contribution in [2.24, 2.45) is 17.8 Å². The number of hydrogen-bond donors (Lipinski definition) is 3. The fraction of sp³-hybridized carbons (Fsp3) is 0.429. The second-order valence-electron chi connectivity index (χ2n) is 14.7. The Labute approximate surface area is 311 Å². The van der Waals surface area contributed by atoms with Gasteiger partial charge in [-0.1, -0.05) is 42.0 Å². The van der Waals surface area contributed by atoms with E-state index in [1.165, 1.54) is 5.56 Å². The van der Waals surface area contributed by atoms with Crippen molar-refractivity contribution in [3.05, 3.63) is 95.2 Å². The highest BCUT2D eigenvalue weighted by Gasteiger charge is 2.48. The number of aromatic amines is 1. The molecule has 4 atom stereocenters. The lowest BCUT2D eigenvalue weighted by molar-refractivity contribution is -0.140. The molecule has 2 fully saturated rings. The maximum Gasteiger partial charge on any atom is 0.254 e. The van der Waals surface area contributed by atoms with Crippen molar-refractivity contribution in [2.75, 3.05) is 40.3 Å². The van der Waals surface area contributed by atoms with Crippen molar-refractivity contribution < 1.29 is 28.7 Å². The Hall–Kier alpha value is -5.32. The summed E-state index contributed by atoms with van der Waals surface area (Å²) in [7, 11) is 3.11. The number of H-pyrrole nitrogens is 1. The summed E-state index contributed by atoms with van der Waals surface area (Å²) < 4.78 is 11.4. The summed E-state index contributed by atoms with van der Waals surface area (Å²) in [6.45, 7) is 7.26. The Morgan fingerprint density at radius 2 is 1.70 bits per heavy atom. The molecular weight excluding hydrogens is 670 g/mol. The predicted octanol–water partition coefficient (Wildman–Crippen LogP) is 4.92. The molecular formula is C42H51N5O6. The van der Waals surface area contributed by atoms with Crippen LogP contribution in [0.3, 0.4) is 0 Å². The zero-order valence-corrected chi connectivity index (χ0v) is 31.3. The van der Waals surface area contributed by atoms with Crippen molar-refractivity contribution in [1.82, 2.24) is 25.4 Å². The SMILES string of the molecule is CNC(=O)[C@H](CCCc1ccccc1)NC(=O)C1CN(C(=O)Cc2c[nH]c3ccc(C)cc23)CC2CN(C(=O)c3ccc(OC(C)C)c(OC)c3)CC21. The first-order valence-corrected chi connectivity index (χ1v) is 18.6. The minimum absolute atomic E-state index is 0.0622. The Morgan fingerprint density at radius 1 is 0.925 bits per heavy atom. The van der Waals surface area contributed by atoms with Gasteiger partial charge in [0.25, 0.3) is 5.91 Å². The van der Waals surface area contributed by atoms with Gasteiger partial charge in [0, 0.05) is 55.9 Å². The smallest absolute Gasteiger partial charge is 0.254 e. The third kappa shape index (κ3) is 8.67. The molecule has 3 aromatic carbocycles. The van der Waals surface area contributed by atoms with Crippen LogP contribution in [0, 0.1) is 24.7 Å². The van der Waals surface area contributed by atoms with Gasteiger partial charge in [-0.3, -0.25) is 19.2 Å². The van der Waals surface area contributed by atoms with Gasteiger partial charge in [0.1, 0.15) is 6.04 Å². The quantitative estimate of drug-likeness (QED) is 0.180. The maximum absolute atomic E-state index is 14.3. The number of ether oxygens (including phenoxy) is 2. The summed E-state index contributed by atoms with van der Waals surface area (Å²) in [4.78, 5) is 62.2. The molecule has 280 valence electrons. The van der Waals surface area contributed by atoms with E-state index in [4.69, 9.17) is 9.47 Å². The lowest BCUT2D eigenvalue weighted by atomic mass is 9.79. The summed E-state index contributed by atoms with van der Waals surface area (Å²) in [5.41, 5.74) is 4.59. The van der Waals surface area contributed by atoms with E-state index in [1.807, 2.05) is 57.3 Å².